The Morgan fingerprint density at radius 3 is 2.88 bits per heavy atom. The summed E-state index contributed by atoms with van der Waals surface area (Å²) in [4.78, 5) is 19.6. The van der Waals surface area contributed by atoms with Crippen molar-refractivity contribution in [3.63, 3.8) is 0 Å². The van der Waals surface area contributed by atoms with Gasteiger partial charge in [-0.15, -0.1) is 11.3 Å². The summed E-state index contributed by atoms with van der Waals surface area (Å²) in [6, 6.07) is 7.69. The number of nitrogens with one attached hydrogen (secondary N) is 1. The van der Waals surface area contributed by atoms with Crippen molar-refractivity contribution >= 4 is 33.3 Å². The third kappa shape index (κ3) is 3.52. The molecular weight excluding hydrogens is 346 g/mol. The number of para-hydroxylation sites is 1. The van der Waals surface area contributed by atoms with Crippen molar-refractivity contribution in [2.45, 2.75) is 33.2 Å². The molecule has 3 heterocycles. The van der Waals surface area contributed by atoms with E-state index in [0.717, 1.165) is 47.8 Å². The molecule has 5 nitrogen and oxygen atoms in total. The summed E-state index contributed by atoms with van der Waals surface area (Å²) in [7, 11) is 0. The third-order valence-electron chi connectivity index (χ3n) is 5.08. The van der Waals surface area contributed by atoms with Crippen LogP contribution in [0, 0.1) is 12.8 Å². The maximum Gasteiger partial charge on any atom is 0.293 e. The monoisotopic (exact) mass is 369 g/mol. The Bertz CT molecular complexity index is 922. The zero-order valence-corrected chi connectivity index (χ0v) is 15.9. The number of thiazole rings is 1. The molecule has 1 aromatic carbocycles. The van der Waals surface area contributed by atoms with Crippen molar-refractivity contribution in [2.24, 2.45) is 5.92 Å². The number of fused-ring (bicyclic) bond motifs is 1. The topological polar surface area (TPSA) is 58.4 Å². The number of carbonyl (C=O) groups excluding carboxylic acids is 1. The molecule has 0 radical (unpaired) electrons. The summed E-state index contributed by atoms with van der Waals surface area (Å²) in [6.45, 7) is 7.32. The van der Waals surface area contributed by atoms with Crippen molar-refractivity contribution in [3.8, 4) is 0 Å². The first-order valence-electron chi connectivity index (χ1n) is 9.06. The second kappa shape index (κ2) is 7.21. The van der Waals surface area contributed by atoms with Gasteiger partial charge in [0.1, 0.15) is 5.58 Å². The number of anilines is 1. The van der Waals surface area contributed by atoms with Gasteiger partial charge in [-0.1, -0.05) is 25.1 Å². The Labute approximate surface area is 157 Å². The Hall–Kier alpha value is -2.18. The van der Waals surface area contributed by atoms with Crippen LogP contribution in [0.4, 0.5) is 5.13 Å². The number of aromatic nitrogens is 1. The number of carbonyl (C=O) groups is 1. The van der Waals surface area contributed by atoms with E-state index in [0.29, 0.717) is 10.9 Å². The first kappa shape index (κ1) is 17.2. The highest BCUT2D eigenvalue weighted by molar-refractivity contribution is 7.13. The number of piperidine rings is 1. The van der Waals surface area contributed by atoms with Gasteiger partial charge in [0.15, 0.2) is 10.9 Å². The normalized spacial score (nSPS) is 16.2. The van der Waals surface area contributed by atoms with Crippen molar-refractivity contribution in [1.82, 2.24) is 9.88 Å². The van der Waals surface area contributed by atoms with E-state index in [4.69, 9.17) is 4.42 Å². The van der Waals surface area contributed by atoms with Gasteiger partial charge in [0.05, 0.1) is 5.69 Å². The van der Waals surface area contributed by atoms with Gasteiger partial charge in [0.2, 0.25) is 0 Å². The number of aryl methyl sites for hydroxylation is 1. The molecule has 0 bridgehead atoms. The van der Waals surface area contributed by atoms with Crippen LogP contribution in [0.25, 0.3) is 11.0 Å². The molecule has 1 N–H and O–H groups in total. The summed E-state index contributed by atoms with van der Waals surface area (Å²) in [5.74, 6) is 0.933. The molecule has 4 rings (SSSR count). The number of nitrogens with zero attached hydrogens (tertiary/aromatic N) is 2. The van der Waals surface area contributed by atoms with E-state index in [1.165, 1.54) is 24.2 Å². The van der Waals surface area contributed by atoms with Gasteiger partial charge < -0.3 is 4.42 Å². The second-order valence-electron chi connectivity index (χ2n) is 7.11. The summed E-state index contributed by atoms with van der Waals surface area (Å²) in [5.41, 5.74) is 2.60. The molecule has 1 aliphatic heterocycles. The highest BCUT2D eigenvalue weighted by Gasteiger charge is 2.20. The van der Waals surface area contributed by atoms with Crippen LogP contribution < -0.4 is 5.32 Å². The first-order chi connectivity index (χ1) is 12.6. The second-order valence-corrected chi connectivity index (χ2v) is 7.97. The molecule has 0 aliphatic carbocycles. The van der Waals surface area contributed by atoms with Crippen molar-refractivity contribution in [2.75, 3.05) is 18.4 Å². The maximum absolute atomic E-state index is 12.6. The zero-order valence-electron chi connectivity index (χ0n) is 15.1. The van der Waals surface area contributed by atoms with Gasteiger partial charge >= 0.3 is 0 Å². The van der Waals surface area contributed by atoms with Crippen molar-refractivity contribution in [3.05, 3.63) is 46.7 Å². The summed E-state index contributed by atoms with van der Waals surface area (Å²) in [6.07, 6.45) is 2.50. The molecular formula is C20H23N3O2S. The lowest BCUT2D eigenvalue weighted by Gasteiger charge is -2.29. The van der Waals surface area contributed by atoms with Crippen LogP contribution >= 0.6 is 11.3 Å². The average Bonchev–Trinajstić information content (AvgIpc) is 3.22. The molecule has 0 spiro atoms. The predicted molar refractivity (Wildman–Crippen MR) is 105 cm³/mol. The number of rotatable bonds is 4. The van der Waals surface area contributed by atoms with E-state index in [1.807, 2.05) is 36.6 Å². The lowest BCUT2D eigenvalue weighted by Crippen LogP contribution is -2.32. The smallest absolute Gasteiger partial charge is 0.293 e. The number of hydrogen-bond donors (Lipinski definition) is 1. The first-order valence-corrected chi connectivity index (χ1v) is 9.94. The number of benzene rings is 1. The molecule has 136 valence electrons. The quantitative estimate of drug-likeness (QED) is 0.725. The van der Waals surface area contributed by atoms with Gasteiger partial charge in [0.25, 0.3) is 5.91 Å². The lowest BCUT2D eigenvalue weighted by molar-refractivity contribution is 0.0998. The highest BCUT2D eigenvalue weighted by atomic mass is 32.1. The maximum atomic E-state index is 12.6. The fourth-order valence-corrected chi connectivity index (χ4v) is 4.13. The molecule has 6 heteroatoms. The van der Waals surface area contributed by atoms with E-state index in [-0.39, 0.29) is 5.91 Å². The van der Waals surface area contributed by atoms with E-state index in [9.17, 15) is 4.79 Å². The Morgan fingerprint density at radius 2 is 2.12 bits per heavy atom. The largest absolute Gasteiger partial charge is 0.451 e. The molecule has 26 heavy (non-hydrogen) atoms. The van der Waals surface area contributed by atoms with Gasteiger partial charge in [-0.3, -0.25) is 15.0 Å². The Kier molecular flexibility index (Phi) is 4.78. The van der Waals surface area contributed by atoms with Crippen LogP contribution in [-0.4, -0.2) is 28.9 Å². The van der Waals surface area contributed by atoms with E-state index in [2.05, 4.69) is 22.1 Å². The number of amides is 1. The molecule has 0 atom stereocenters. The SMILES string of the molecule is Cc1c(C(=O)Nc2nc(CN3CCC(C)CC3)cs2)oc2ccccc12. The number of hydrogen-bond acceptors (Lipinski definition) is 5. The third-order valence-corrected chi connectivity index (χ3v) is 5.89. The van der Waals surface area contributed by atoms with E-state index < -0.39 is 0 Å². The van der Waals surface area contributed by atoms with Gasteiger partial charge in [-0.2, -0.15) is 0 Å². The molecule has 1 saturated heterocycles. The predicted octanol–water partition coefficient (Wildman–Crippen LogP) is 4.68. The number of likely N-dealkylation sites (tertiary alicyclic amines) is 1. The van der Waals surface area contributed by atoms with Crippen LogP contribution in [0.3, 0.4) is 0 Å². The standard InChI is InChI=1S/C20H23N3O2S/c1-13-7-9-23(10-8-13)11-15-12-26-20(21-15)22-19(24)18-14(2)16-5-3-4-6-17(16)25-18/h3-6,12-13H,7-11H2,1-2H3,(H,21,22,24). The molecule has 1 amide bonds. The molecule has 2 aromatic heterocycles. The fourth-order valence-electron chi connectivity index (χ4n) is 3.43. The van der Waals surface area contributed by atoms with Crippen molar-refractivity contribution < 1.29 is 9.21 Å². The summed E-state index contributed by atoms with van der Waals surface area (Å²) in [5, 5.41) is 6.50. The van der Waals surface area contributed by atoms with E-state index >= 15 is 0 Å². The molecule has 1 fully saturated rings. The van der Waals surface area contributed by atoms with Crippen LogP contribution in [0.5, 0.6) is 0 Å². The van der Waals surface area contributed by atoms with Crippen LogP contribution in [0.15, 0.2) is 34.1 Å². The van der Waals surface area contributed by atoms with Gasteiger partial charge in [-0.25, -0.2) is 4.98 Å². The minimum Gasteiger partial charge on any atom is -0.451 e. The van der Waals surface area contributed by atoms with Crippen molar-refractivity contribution in [1.29, 1.82) is 0 Å². The van der Waals surface area contributed by atoms with Crippen LogP contribution in [0.1, 0.15) is 41.6 Å². The summed E-state index contributed by atoms with van der Waals surface area (Å²) < 4.78 is 5.73. The Balaban J connectivity index is 1.43. The minimum absolute atomic E-state index is 0.244. The number of furan rings is 1. The lowest BCUT2D eigenvalue weighted by atomic mass is 9.99. The fraction of sp³-hybridized carbons (Fsp3) is 0.400. The van der Waals surface area contributed by atoms with Gasteiger partial charge in [0, 0.05) is 22.9 Å². The highest BCUT2D eigenvalue weighted by Crippen LogP contribution is 2.26. The molecule has 0 saturated carbocycles. The van der Waals surface area contributed by atoms with Gasteiger partial charge in [-0.05, 0) is 44.8 Å². The van der Waals surface area contributed by atoms with Crippen LogP contribution in [0.2, 0.25) is 0 Å². The molecule has 1 aliphatic rings. The van der Waals surface area contributed by atoms with Crippen LogP contribution in [-0.2, 0) is 6.54 Å². The van der Waals surface area contributed by atoms with E-state index in [1.54, 1.807) is 0 Å². The zero-order chi connectivity index (χ0) is 18.1. The molecule has 3 aromatic rings. The Morgan fingerprint density at radius 1 is 1.35 bits per heavy atom. The minimum atomic E-state index is -0.244. The molecule has 0 unspecified atom stereocenters. The average molecular weight is 369 g/mol. The summed E-state index contributed by atoms with van der Waals surface area (Å²) >= 11 is 1.46.